The minimum atomic E-state index is -0.879. The van der Waals surface area contributed by atoms with Crippen molar-refractivity contribution in [1.29, 1.82) is 0 Å². The van der Waals surface area contributed by atoms with E-state index in [0.29, 0.717) is 5.16 Å². The zero-order valence-electron chi connectivity index (χ0n) is 11.3. The molecule has 0 amide bonds. The van der Waals surface area contributed by atoms with Crippen LogP contribution in [0.5, 0.6) is 0 Å². The Morgan fingerprint density at radius 1 is 1.25 bits per heavy atom. The third kappa shape index (κ3) is 3.55. The van der Waals surface area contributed by atoms with Crippen molar-refractivity contribution < 1.29 is 13.9 Å². The molecule has 0 bridgehead atoms. The average Bonchev–Trinajstić information content (AvgIpc) is 2.75. The molecule has 0 saturated carbocycles. The Balaban J connectivity index is 2.21. The fraction of sp³-hybridized carbons (Fsp3) is 0.385. The summed E-state index contributed by atoms with van der Waals surface area (Å²) in [6.45, 7) is 5.24. The van der Waals surface area contributed by atoms with Crippen molar-refractivity contribution in [2.75, 3.05) is 0 Å². The molecule has 0 aliphatic carbocycles. The van der Waals surface area contributed by atoms with Crippen LogP contribution in [0.25, 0.3) is 11.4 Å². The molecule has 1 heterocycles. The van der Waals surface area contributed by atoms with Gasteiger partial charge in [-0.2, -0.15) is 0 Å². The molecule has 7 heteroatoms. The molecule has 2 aromatic rings. The molecule has 1 aromatic carbocycles. The Labute approximate surface area is 119 Å². The SMILES string of the molecule is C[C@H](Sc1n[nH]c(-c2cc(F)cc(F)c2)n1)C(C)(C)O. The highest BCUT2D eigenvalue weighted by Crippen LogP contribution is 2.29. The predicted molar refractivity (Wildman–Crippen MR) is 73.4 cm³/mol. The first-order valence-electron chi connectivity index (χ1n) is 6.03. The lowest BCUT2D eigenvalue weighted by Gasteiger charge is -2.23. The monoisotopic (exact) mass is 299 g/mol. The highest BCUT2D eigenvalue weighted by molar-refractivity contribution is 7.99. The third-order valence-electron chi connectivity index (χ3n) is 2.88. The summed E-state index contributed by atoms with van der Waals surface area (Å²) in [5.41, 5.74) is -0.589. The fourth-order valence-electron chi connectivity index (χ4n) is 1.42. The number of nitrogens with one attached hydrogen (secondary N) is 1. The second kappa shape index (κ2) is 5.49. The van der Waals surface area contributed by atoms with E-state index in [9.17, 15) is 13.9 Å². The summed E-state index contributed by atoms with van der Waals surface area (Å²) in [5, 5.41) is 16.8. The van der Waals surface area contributed by atoms with Gasteiger partial charge in [-0.05, 0) is 26.0 Å². The van der Waals surface area contributed by atoms with Crippen molar-refractivity contribution in [2.45, 2.75) is 36.8 Å². The molecular weight excluding hydrogens is 284 g/mol. The van der Waals surface area contributed by atoms with E-state index in [4.69, 9.17) is 0 Å². The molecule has 0 radical (unpaired) electrons. The number of aliphatic hydroxyl groups is 1. The molecule has 20 heavy (non-hydrogen) atoms. The van der Waals surface area contributed by atoms with Gasteiger partial charge < -0.3 is 5.11 Å². The number of H-pyrrole nitrogens is 1. The number of aromatic amines is 1. The van der Waals surface area contributed by atoms with Crippen molar-refractivity contribution in [2.24, 2.45) is 0 Å². The van der Waals surface area contributed by atoms with E-state index < -0.39 is 17.2 Å². The van der Waals surface area contributed by atoms with Gasteiger partial charge >= 0.3 is 0 Å². The van der Waals surface area contributed by atoms with Crippen LogP contribution in [0.2, 0.25) is 0 Å². The van der Waals surface area contributed by atoms with Crippen LogP contribution in [0.3, 0.4) is 0 Å². The maximum Gasteiger partial charge on any atom is 0.209 e. The first-order valence-corrected chi connectivity index (χ1v) is 6.91. The van der Waals surface area contributed by atoms with Crippen LogP contribution in [0.15, 0.2) is 23.4 Å². The van der Waals surface area contributed by atoms with Gasteiger partial charge in [-0.3, -0.25) is 5.10 Å². The molecule has 4 nitrogen and oxygen atoms in total. The lowest BCUT2D eigenvalue weighted by Crippen LogP contribution is -2.30. The minimum Gasteiger partial charge on any atom is -0.389 e. The van der Waals surface area contributed by atoms with Crippen LogP contribution in [-0.4, -0.2) is 31.1 Å². The van der Waals surface area contributed by atoms with Crippen molar-refractivity contribution in [3.8, 4) is 11.4 Å². The maximum atomic E-state index is 13.1. The number of hydrogen-bond acceptors (Lipinski definition) is 4. The summed E-state index contributed by atoms with van der Waals surface area (Å²) in [4.78, 5) is 4.17. The maximum absolute atomic E-state index is 13.1. The van der Waals surface area contributed by atoms with E-state index in [1.54, 1.807) is 13.8 Å². The number of thioether (sulfide) groups is 1. The number of hydrogen-bond donors (Lipinski definition) is 2. The van der Waals surface area contributed by atoms with Gasteiger partial charge in [-0.25, -0.2) is 13.8 Å². The molecular formula is C13H15F2N3OS. The summed E-state index contributed by atoms with van der Waals surface area (Å²) in [7, 11) is 0. The van der Waals surface area contributed by atoms with Crippen molar-refractivity contribution in [3.05, 3.63) is 29.8 Å². The largest absolute Gasteiger partial charge is 0.389 e. The highest BCUT2D eigenvalue weighted by Gasteiger charge is 2.24. The van der Waals surface area contributed by atoms with E-state index >= 15 is 0 Å². The summed E-state index contributed by atoms with van der Waals surface area (Å²) in [5.74, 6) is -1.06. The number of aromatic nitrogens is 3. The van der Waals surface area contributed by atoms with Gasteiger partial charge in [-0.15, -0.1) is 5.10 Å². The lowest BCUT2D eigenvalue weighted by molar-refractivity contribution is 0.0823. The first-order chi connectivity index (χ1) is 9.25. The van der Waals surface area contributed by atoms with Gasteiger partial charge in [-0.1, -0.05) is 18.7 Å². The molecule has 0 aliphatic rings. The Bertz CT molecular complexity index is 590. The summed E-state index contributed by atoms with van der Waals surface area (Å²) in [6.07, 6.45) is 0. The Morgan fingerprint density at radius 3 is 2.40 bits per heavy atom. The zero-order chi connectivity index (χ0) is 14.9. The minimum absolute atomic E-state index is 0.129. The Kier molecular flexibility index (Phi) is 4.10. The number of benzene rings is 1. The van der Waals surface area contributed by atoms with E-state index in [2.05, 4.69) is 15.2 Å². The van der Waals surface area contributed by atoms with Crippen LogP contribution in [0, 0.1) is 11.6 Å². The molecule has 0 fully saturated rings. The number of nitrogens with zero attached hydrogens (tertiary/aromatic N) is 2. The summed E-state index contributed by atoms with van der Waals surface area (Å²) >= 11 is 1.28. The van der Waals surface area contributed by atoms with Crippen molar-refractivity contribution >= 4 is 11.8 Å². The number of halogens is 2. The highest BCUT2D eigenvalue weighted by atomic mass is 32.2. The fourth-order valence-corrected chi connectivity index (χ4v) is 2.27. The predicted octanol–water partition coefficient (Wildman–Crippen LogP) is 3.00. The smallest absolute Gasteiger partial charge is 0.209 e. The molecule has 0 aliphatic heterocycles. The van der Waals surface area contributed by atoms with Gasteiger partial charge in [0.25, 0.3) is 0 Å². The van der Waals surface area contributed by atoms with E-state index in [1.165, 1.54) is 23.9 Å². The average molecular weight is 299 g/mol. The third-order valence-corrected chi connectivity index (χ3v) is 4.20. The summed E-state index contributed by atoms with van der Waals surface area (Å²) < 4.78 is 26.3. The van der Waals surface area contributed by atoms with Crippen LogP contribution < -0.4 is 0 Å². The molecule has 1 atom stereocenters. The molecule has 0 unspecified atom stereocenters. The van der Waals surface area contributed by atoms with Crippen molar-refractivity contribution in [1.82, 2.24) is 15.2 Å². The quantitative estimate of drug-likeness (QED) is 0.852. The topological polar surface area (TPSA) is 61.8 Å². The second-order valence-electron chi connectivity index (χ2n) is 5.04. The van der Waals surface area contributed by atoms with Gasteiger partial charge in [0.2, 0.25) is 5.16 Å². The second-order valence-corrected chi connectivity index (χ2v) is 6.35. The van der Waals surface area contributed by atoms with Crippen LogP contribution in [-0.2, 0) is 0 Å². The van der Waals surface area contributed by atoms with Gasteiger partial charge in [0, 0.05) is 16.9 Å². The summed E-state index contributed by atoms with van der Waals surface area (Å²) in [6, 6.07) is 3.15. The molecule has 0 spiro atoms. The van der Waals surface area contributed by atoms with Crippen LogP contribution >= 0.6 is 11.8 Å². The lowest BCUT2D eigenvalue weighted by atomic mass is 10.1. The Hall–Kier alpha value is -1.47. The first kappa shape index (κ1) is 14.9. The Morgan fingerprint density at radius 2 is 1.85 bits per heavy atom. The van der Waals surface area contributed by atoms with Crippen LogP contribution in [0.1, 0.15) is 20.8 Å². The van der Waals surface area contributed by atoms with E-state index in [0.717, 1.165) is 6.07 Å². The molecule has 2 N–H and O–H groups in total. The standard InChI is InChI=1S/C13H15F2N3OS/c1-7(13(2,3)19)20-12-16-11(17-18-12)8-4-9(14)6-10(15)5-8/h4-7,19H,1-3H3,(H,16,17,18)/t7-/m0/s1. The normalized spacial score (nSPS) is 13.5. The molecule has 2 rings (SSSR count). The molecule has 0 saturated heterocycles. The zero-order valence-corrected chi connectivity index (χ0v) is 12.1. The van der Waals surface area contributed by atoms with E-state index in [1.807, 2.05) is 6.92 Å². The van der Waals surface area contributed by atoms with Crippen LogP contribution in [0.4, 0.5) is 8.78 Å². The van der Waals surface area contributed by atoms with Gasteiger partial charge in [0.1, 0.15) is 11.6 Å². The van der Waals surface area contributed by atoms with Gasteiger partial charge in [0.15, 0.2) is 5.82 Å². The number of rotatable bonds is 4. The van der Waals surface area contributed by atoms with Crippen molar-refractivity contribution in [3.63, 3.8) is 0 Å². The van der Waals surface area contributed by atoms with Gasteiger partial charge in [0.05, 0.1) is 5.60 Å². The molecule has 1 aromatic heterocycles. The van der Waals surface area contributed by atoms with E-state index in [-0.39, 0.29) is 16.6 Å². The molecule has 108 valence electrons.